The van der Waals surface area contributed by atoms with E-state index in [-0.39, 0.29) is 5.41 Å². The van der Waals surface area contributed by atoms with Crippen LogP contribution < -0.4 is 4.74 Å². The molecule has 0 amide bonds. The van der Waals surface area contributed by atoms with Crippen LogP contribution >= 0.6 is 0 Å². The number of phenols is 1. The summed E-state index contributed by atoms with van der Waals surface area (Å²) >= 11 is 0. The molecule has 1 unspecified atom stereocenters. The Labute approximate surface area is 121 Å². The molecule has 0 saturated carbocycles. The minimum absolute atomic E-state index is 0.0571. The standard InChI is InChI=1S/C18H22O2/c1-4-18(3,14-6-10-16(19)11-7-14)15-8-12-17(13-9-15)20-5-2/h6-13,19H,4-5H2,1-3H3. The second-order valence-corrected chi connectivity index (χ2v) is 5.19. The summed E-state index contributed by atoms with van der Waals surface area (Å²) < 4.78 is 5.50. The van der Waals surface area contributed by atoms with Gasteiger partial charge in [-0.25, -0.2) is 0 Å². The Hall–Kier alpha value is -1.96. The van der Waals surface area contributed by atoms with Crippen LogP contribution in [0.4, 0.5) is 0 Å². The van der Waals surface area contributed by atoms with E-state index in [4.69, 9.17) is 4.74 Å². The van der Waals surface area contributed by atoms with Gasteiger partial charge in [-0.15, -0.1) is 0 Å². The molecule has 106 valence electrons. The Morgan fingerprint density at radius 1 is 0.900 bits per heavy atom. The summed E-state index contributed by atoms with van der Waals surface area (Å²) in [5.41, 5.74) is 2.41. The lowest BCUT2D eigenvalue weighted by molar-refractivity contribution is 0.340. The van der Waals surface area contributed by atoms with Crippen LogP contribution in [0.2, 0.25) is 0 Å². The van der Waals surface area contributed by atoms with Crippen molar-refractivity contribution in [2.24, 2.45) is 0 Å². The van der Waals surface area contributed by atoms with Gasteiger partial charge in [0.1, 0.15) is 11.5 Å². The van der Waals surface area contributed by atoms with Gasteiger partial charge >= 0.3 is 0 Å². The zero-order valence-corrected chi connectivity index (χ0v) is 12.4. The third-order valence-corrected chi connectivity index (χ3v) is 4.01. The van der Waals surface area contributed by atoms with Crippen molar-refractivity contribution in [1.82, 2.24) is 0 Å². The molecule has 0 heterocycles. The van der Waals surface area contributed by atoms with E-state index in [9.17, 15) is 5.11 Å². The van der Waals surface area contributed by atoms with Gasteiger partial charge in [-0.05, 0) is 48.7 Å². The highest BCUT2D eigenvalue weighted by atomic mass is 16.5. The van der Waals surface area contributed by atoms with Gasteiger partial charge in [-0.1, -0.05) is 38.1 Å². The molecule has 0 radical (unpaired) electrons. The van der Waals surface area contributed by atoms with Crippen LogP contribution in [0.25, 0.3) is 0 Å². The number of phenolic OH excluding ortho intramolecular Hbond substituents is 1. The molecule has 1 N–H and O–H groups in total. The van der Waals surface area contributed by atoms with Crippen molar-refractivity contribution in [3.05, 3.63) is 59.7 Å². The van der Waals surface area contributed by atoms with E-state index in [0.717, 1.165) is 12.2 Å². The zero-order valence-electron chi connectivity index (χ0n) is 12.4. The first-order valence-electron chi connectivity index (χ1n) is 7.13. The van der Waals surface area contributed by atoms with Gasteiger partial charge in [0.2, 0.25) is 0 Å². The smallest absolute Gasteiger partial charge is 0.119 e. The zero-order chi connectivity index (χ0) is 14.6. The molecule has 2 nitrogen and oxygen atoms in total. The van der Waals surface area contributed by atoms with Gasteiger partial charge in [-0.2, -0.15) is 0 Å². The first-order valence-corrected chi connectivity index (χ1v) is 7.13. The lowest BCUT2D eigenvalue weighted by Gasteiger charge is -2.30. The van der Waals surface area contributed by atoms with Gasteiger partial charge in [0.15, 0.2) is 0 Å². The highest BCUT2D eigenvalue weighted by Gasteiger charge is 2.26. The average Bonchev–Trinajstić information content (AvgIpc) is 2.48. The van der Waals surface area contributed by atoms with Crippen LogP contribution in [-0.2, 0) is 5.41 Å². The summed E-state index contributed by atoms with van der Waals surface area (Å²) in [6.07, 6.45) is 0.992. The van der Waals surface area contributed by atoms with Gasteiger partial charge < -0.3 is 9.84 Å². The monoisotopic (exact) mass is 270 g/mol. The molecule has 2 aromatic rings. The number of ether oxygens (including phenoxy) is 1. The molecule has 20 heavy (non-hydrogen) atoms. The highest BCUT2D eigenvalue weighted by molar-refractivity contribution is 5.42. The Morgan fingerprint density at radius 2 is 1.40 bits per heavy atom. The molecular weight excluding hydrogens is 248 g/mol. The summed E-state index contributed by atoms with van der Waals surface area (Å²) in [5, 5.41) is 9.44. The Balaban J connectivity index is 2.36. The highest BCUT2D eigenvalue weighted by Crippen LogP contribution is 2.36. The lowest BCUT2D eigenvalue weighted by Crippen LogP contribution is -2.22. The lowest BCUT2D eigenvalue weighted by atomic mass is 9.74. The van der Waals surface area contributed by atoms with Gasteiger partial charge in [0.25, 0.3) is 0 Å². The minimum atomic E-state index is -0.0571. The van der Waals surface area contributed by atoms with E-state index < -0.39 is 0 Å². The predicted molar refractivity (Wildman–Crippen MR) is 82.5 cm³/mol. The Kier molecular flexibility index (Phi) is 4.33. The van der Waals surface area contributed by atoms with Crippen molar-refractivity contribution < 1.29 is 9.84 Å². The third kappa shape index (κ3) is 2.79. The average molecular weight is 270 g/mol. The van der Waals surface area contributed by atoms with E-state index in [2.05, 4.69) is 26.0 Å². The van der Waals surface area contributed by atoms with Crippen LogP contribution in [0.3, 0.4) is 0 Å². The maximum absolute atomic E-state index is 9.44. The Bertz CT molecular complexity index is 543. The van der Waals surface area contributed by atoms with Gasteiger partial charge in [0.05, 0.1) is 6.61 Å². The van der Waals surface area contributed by atoms with Crippen molar-refractivity contribution in [2.45, 2.75) is 32.6 Å². The normalized spacial score (nSPS) is 13.8. The third-order valence-electron chi connectivity index (χ3n) is 4.01. The van der Waals surface area contributed by atoms with Crippen molar-refractivity contribution >= 4 is 0 Å². The molecule has 2 aromatic carbocycles. The van der Waals surface area contributed by atoms with Gasteiger partial charge in [-0.3, -0.25) is 0 Å². The van der Waals surface area contributed by atoms with Crippen LogP contribution in [0.15, 0.2) is 48.5 Å². The fourth-order valence-corrected chi connectivity index (χ4v) is 2.49. The largest absolute Gasteiger partial charge is 0.508 e. The number of benzene rings is 2. The van der Waals surface area contributed by atoms with Crippen molar-refractivity contribution in [3.63, 3.8) is 0 Å². The molecule has 0 spiro atoms. The number of aromatic hydroxyl groups is 1. The number of hydrogen-bond acceptors (Lipinski definition) is 2. The van der Waals surface area contributed by atoms with Crippen LogP contribution in [0, 0.1) is 0 Å². The van der Waals surface area contributed by atoms with Crippen molar-refractivity contribution in [2.75, 3.05) is 6.61 Å². The minimum Gasteiger partial charge on any atom is -0.508 e. The van der Waals surface area contributed by atoms with Crippen molar-refractivity contribution in [1.29, 1.82) is 0 Å². The van der Waals surface area contributed by atoms with E-state index in [0.29, 0.717) is 12.4 Å². The van der Waals surface area contributed by atoms with E-state index in [1.807, 2.05) is 31.2 Å². The number of hydrogen-bond donors (Lipinski definition) is 1. The summed E-state index contributed by atoms with van der Waals surface area (Å²) in [7, 11) is 0. The maximum atomic E-state index is 9.44. The fraction of sp³-hybridized carbons (Fsp3) is 0.333. The summed E-state index contributed by atoms with van der Waals surface area (Å²) in [6, 6.07) is 15.8. The first-order chi connectivity index (χ1) is 9.60. The molecule has 0 aromatic heterocycles. The molecule has 0 aliphatic heterocycles. The molecule has 0 aliphatic carbocycles. The van der Waals surface area contributed by atoms with E-state index in [1.165, 1.54) is 11.1 Å². The second kappa shape index (κ2) is 6.00. The number of rotatable bonds is 5. The molecule has 1 atom stereocenters. The van der Waals surface area contributed by atoms with E-state index in [1.54, 1.807) is 12.1 Å². The van der Waals surface area contributed by atoms with Crippen LogP contribution in [0.1, 0.15) is 38.3 Å². The van der Waals surface area contributed by atoms with Crippen LogP contribution in [-0.4, -0.2) is 11.7 Å². The second-order valence-electron chi connectivity index (χ2n) is 5.19. The van der Waals surface area contributed by atoms with Gasteiger partial charge in [0, 0.05) is 5.41 Å². The molecule has 0 saturated heterocycles. The fourth-order valence-electron chi connectivity index (χ4n) is 2.49. The molecule has 0 bridgehead atoms. The predicted octanol–water partition coefficient (Wildman–Crippen LogP) is 4.51. The Morgan fingerprint density at radius 3 is 1.85 bits per heavy atom. The quantitative estimate of drug-likeness (QED) is 0.866. The summed E-state index contributed by atoms with van der Waals surface area (Å²) in [4.78, 5) is 0. The SMILES string of the molecule is CCOc1ccc(C(C)(CC)c2ccc(O)cc2)cc1. The molecular formula is C18H22O2. The first kappa shape index (κ1) is 14.4. The van der Waals surface area contributed by atoms with Crippen molar-refractivity contribution in [3.8, 4) is 11.5 Å². The van der Waals surface area contributed by atoms with Crippen LogP contribution in [0.5, 0.6) is 11.5 Å². The summed E-state index contributed by atoms with van der Waals surface area (Å²) in [5.74, 6) is 1.21. The molecule has 0 aliphatic rings. The van der Waals surface area contributed by atoms with E-state index >= 15 is 0 Å². The molecule has 2 heteroatoms. The molecule has 2 rings (SSSR count). The molecule has 0 fully saturated rings. The summed E-state index contributed by atoms with van der Waals surface area (Å²) in [6.45, 7) is 7.08. The topological polar surface area (TPSA) is 29.5 Å². The maximum Gasteiger partial charge on any atom is 0.119 e.